The predicted octanol–water partition coefficient (Wildman–Crippen LogP) is 12.3. The molecule has 0 bridgehead atoms. The summed E-state index contributed by atoms with van der Waals surface area (Å²) >= 11 is 0. The molecular weight excluding hydrogens is 565 g/mol. The van der Waals surface area contributed by atoms with Crippen LogP contribution in [0.15, 0.2) is 170 Å². The summed E-state index contributed by atoms with van der Waals surface area (Å²) in [5.41, 5.74) is 15.1. The summed E-state index contributed by atoms with van der Waals surface area (Å²) in [6.07, 6.45) is 0. The zero-order valence-corrected chi connectivity index (χ0v) is 26.7. The fourth-order valence-corrected chi connectivity index (χ4v) is 8.19. The highest BCUT2D eigenvalue weighted by atomic mass is 14.5. The van der Waals surface area contributed by atoms with Gasteiger partial charge in [-0.1, -0.05) is 175 Å². The Labute approximate surface area is 276 Å². The Balaban J connectivity index is 1.28. The standard InChI is InChI=1S/C47H34/c1-31-20-26-40-41-27-21-32(2)29-45(41)47(44(40)28-31,36-15-7-4-8-16-36)37-24-22-33(23-25-37)38-18-11-19-42-43(38)30-35-14-9-10-17-39(35)46(42)34-12-5-3-6-13-34/h3-30H,1-2H3. The first kappa shape index (κ1) is 27.6. The van der Waals surface area contributed by atoms with E-state index in [2.05, 4.69) is 184 Å². The van der Waals surface area contributed by atoms with Gasteiger partial charge in [0.15, 0.2) is 0 Å². The number of benzene rings is 8. The van der Waals surface area contributed by atoms with Crippen LogP contribution in [-0.2, 0) is 5.41 Å². The largest absolute Gasteiger partial charge is 0.0713 e. The Morgan fingerprint density at radius 1 is 0.362 bits per heavy atom. The van der Waals surface area contributed by atoms with Crippen molar-refractivity contribution in [2.75, 3.05) is 0 Å². The number of fused-ring (bicyclic) bond motifs is 5. The molecule has 0 nitrogen and oxygen atoms in total. The van der Waals surface area contributed by atoms with Gasteiger partial charge in [-0.25, -0.2) is 0 Å². The summed E-state index contributed by atoms with van der Waals surface area (Å²) in [5, 5.41) is 5.10. The van der Waals surface area contributed by atoms with Crippen LogP contribution in [0.5, 0.6) is 0 Å². The van der Waals surface area contributed by atoms with Gasteiger partial charge in [0.05, 0.1) is 5.41 Å². The minimum atomic E-state index is -0.405. The minimum Gasteiger partial charge on any atom is -0.0622 e. The average molecular weight is 599 g/mol. The number of hydrogen-bond donors (Lipinski definition) is 0. The number of rotatable bonds is 4. The van der Waals surface area contributed by atoms with E-state index in [1.54, 1.807) is 0 Å². The lowest BCUT2D eigenvalue weighted by Crippen LogP contribution is -2.28. The molecule has 0 N–H and O–H groups in total. The van der Waals surface area contributed by atoms with Gasteiger partial charge in [0, 0.05) is 0 Å². The van der Waals surface area contributed by atoms with Crippen LogP contribution in [-0.4, -0.2) is 0 Å². The molecule has 222 valence electrons. The zero-order valence-electron chi connectivity index (χ0n) is 26.7. The van der Waals surface area contributed by atoms with Crippen molar-refractivity contribution < 1.29 is 0 Å². The maximum atomic E-state index is 2.41. The molecule has 0 atom stereocenters. The lowest BCUT2D eigenvalue weighted by molar-refractivity contribution is 0.767. The molecule has 0 fully saturated rings. The third-order valence-electron chi connectivity index (χ3n) is 10.3. The van der Waals surface area contributed by atoms with Gasteiger partial charge in [-0.3, -0.25) is 0 Å². The topological polar surface area (TPSA) is 0 Å². The summed E-state index contributed by atoms with van der Waals surface area (Å²) in [5.74, 6) is 0. The minimum absolute atomic E-state index is 0.405. The van der Waals surface area contributed by atoms with Gasteiger partial charge in [0.2, 0.25) is 0 Å². The van der Waals surface area contributed by atoms with Crippen molar-refractivity contribution in [3.63, 3.8) is 0 Å². The average Bonchev–Trinajstić information content (AvgIpc) is 3.40. The van der Waals surface area contributed by atoms with E-state index in [4.69, 9.17) is 0 Å². The first-order valence-corrected chi connectivity index (χ1v) is 16.5. The van der Waals surface area contributed by atoms with Crippen LogP contribution in [0.3, 0.4) is 0 Å². The molecule has 0 amide bonds. The summed E-state index contributed by atoms with van der Waals surface area (Å²) in [6.45, 7) is 4.42. The Bertz CT molecular complexity index is 2400. The fraction of sp³-hybridized carbons (Fsp3) is 0.0638. The Morgan fingerprint density at radius 3 is 1.62 bits per heavy atom. The third kappa shape index (κ3) is 4.15. The zero-order chi connectivity index (χ0) is 31.5. The Hall–Kier alpha value is -5.72. The van der Waals surface area contributed by atoms with Gasteiger partial charge in [-0.05, 0) is 97.1 Å². The summed E-state index contributed by atoms with van der Waals surface area (Å²) < 4.78 is 0. The molecule has 8 aromatic carbocycles. The van der Waals surface area contributed by atoms with E-state index >= 15 is 0 Å². The summed E-state index contributed by atoms with van der Waals surface area (Å²) in [4.78, 5) is 0. The molecule has 0 aromatic heterocycles. The molecule has 0 spiro atoms. The Morgan fingerprint density at radius 2 is 0.936 bits per heavy atom. The molecule has 1 aliphatic rings. The normalized spacial score (nSPS) is 13.1. The molecule has 0 heterocycles. The molecule has 9 rings (SSSR count). The van der Waals surface area contributed by atoms with Gasteiger partial charge in [0.1, 0.15) is 0 Å². The molecular formula is C47H34. The van der Waals surface area contributed by atoms with Gasteiger partial charge in [-0.15, -0.1) is 0 Å². The highest BCUT2D eigenvalue weighted by Gasteiger charge is 2.46. The summed E-state index contributed by atoms with van der Waals surface area (Å²) in [7, 11) is 0. The van der Waals surface area contributed by atoms with Crippen LogP contribution < -0.4 is 0 Å². The first-order chi connectivity index (χ1) is 23.1. The van der Waals surface area contributed by atoms with E-state index in [1.165, 1.54) is 88.3 Å². The molecule has 0 aliphatic heterocycles. The van der Waals surface area contributed by atoms with Crippen LogP contribution in [0.2, 0.25) is 0 Å². The highest BCUT2D eigenvalue weighted by Crippen LogP contribution is 2.56. The lowest BCUT2D eigenvalue weighted by Gasteiger charge is -2.34. The fourth-order valence-electron chi connectivity index (χ4n) is 8.19. The van der Waals surface area contributed by atoms with E-state index in [1.807, 2.05) is 0 Å². The van der Waals surface area contributed by atoms with Crippen molar-refractivity contribution in [3.8, 4) is 33.4 Å². The third-order valence-corrected chi connectivity index (χ3v) is 10.3. The molecule has 8 aromatic rings. The SMILES string of the molecule is Cc1ccc2c(c1)C(c1ccccc1)(c1ccc(-c3cccc4c(-c5ccccc5)c5ccccc5cc34)cc1)c1cc(C)ccc1-2. The molecule has 47 heavy (non-hydrogen) atoms. The molecule has 0 saturated heterocycles. The maximum Gasteiger partial charge on any atom is 0.0713 e. The number of hydrogen-bond acceptors (Lipinski definition) is 0. The molecule has 0 unspecified atom stereocenters. The van der Waals surface area contributed by atoms with Crippen LogP contribution in [0.4, 0.5) is 0 Å². The maximum absolute atomic E-state index is 2.41. The van der Waals surface area contributed by atoms with Crippen molar-refractivity contribution in [1.82, 2.24) is 0 Å². The lowest BCUT2D eigenvalue weighted by atomic mass is 9.67. The summed E-state index contributed by atoms with van der Waals surface area (Å²) in [6, 6.07) is 63.3. The Kier molecular flexibility index (Phi) is 6.27. The second-order valence-electron chi connectivity index (χ2n) is 13.0. The van der Waals surface area contributed by atoms with Gasteiger partial charge < -0.3 is 0 Å². The van der Waals surface area contributed by atoms with Crippen molar-refractivity contribution in [2.45, 2.75) is 19.3 Å². The van der Waals surface area contributed by atoms with E-state index in [0.717, 1.165) is 0 Å². The van der Waals surface area contributed by atoms with Gasteiger partial charge >= 0.3 is 0 Å². The van der Waals surface area contributed by atoms with Crippen LogP contribution in [0.1, 0.15) is 33.4 Å². The monoisotopic (exact) mass is 598 g/mol. The molecule has 0 saturated carbocycles. The van der Waals surface area contributed by atoms with E-state index in [9.17, 15) is 0 Å². The van der Waals surface area contributed by atoms with Crippen molar-refractivity contribution in [1.29, 1.82) is 0 Å². The predicted molar refractivity (Wildman–Crippen MR) is 199 cm³/mol. The van der Waals surface area contributed by atoms with Crippen LogP contribution >= 0.6 is 0 Å². The second kappa shape index (κ2) is 10.7. The number of aryl methyl sites for hydroxylation is 2. The van der Waals surface area contributed by atoms with Crippen molar-refractivity contribution in [2.24, 2.45) is 0 Å². The van der Waals surface area contributed by atoms with Gasteiger partial charge in [0.25, 0.3) is 0 Å². The quantitative estimate of drug-likeness (QED) is 0.177. The van der Waals surface area contributed by atoms with Crippen molar-refractivity contribution in [3.05, 3.63) is 203 Å². The molecule has 1 aliphatic carbocycles. The van der Waals surface area contributed by atoms with E-state index in [-0.39, 0.29) is 0 Å². The van der Waals surface area contributed by atoms with Gasteiger partial charge in [-0.2, -0.15) is 0 Å². The van der Waals surface area contributed by atoms with Crippen LogP contribution in [0, 0.1) is 13.8 Å². The smallest absolute Gasteiger partial charge is 0.0622 e. The highest BCUT2D eigenvalue weighted by molar-refractivity contribution is 6.16. The van der Waals surface area contributed by atoms with E-state index in [0.29, 0.717) is 0 Å². The van der Waals surface area contributed by atoms with Crippen molar-refractivity contribution >= 4 is 21.5 Å². The van der Waals surface area contributed by atoms with Crippen LogP contribution in [0.25, 0.3) is 54.9 Å². The second-order valence-corrected chi connectivity index (χ2v) is 13.0. The molecule has 0 heteroatoms. The van der Waals surface area contributed by atoms with E-state index < -0.39 is 5.41 Å². The molecule has 0 radical (unpaired) electrons. The first-order valence-electron chi connectivity index (χ1n) is 16.5.